The maximum atomic E-state index is 13.5. The fourth-order valence-corrected chi connectivity index (χ4v) is 4.66. The van der Waals surface area contributed by atoms with Crippen LogP contribution in [-0.4, -0.2) is 44.6 Å². The van der Waals surface area contributed by atoms with Crippen LogP contribution in [0.25, 0.3) is 10.2 Å². The molecule has 0 radical (unpaired) electrons. The van der Waals surface area contributed by atoms with Crippen molar-refractivity contribution in [3.63, 3.8) is 0 Å². The van der Waals surface area contributed by atoms with E-state index in [2.05, 4.69) is 20.3 Å². The summed E-state index contributed by atoms with van der Waals surface area (Å²) in [5, 5.41) is 14.3. The number of pyridine rings is 1. The molecule has 1 fully saturated rings. The van der Waals surface area contributed by atoms with Crippen LogP contribution in [0.5, 0.6) is 0 Å². The minimum Gasteiger partial charge on any atom is -0.372 e. The zero-order valence-electron chi connectivity index (χ0n) is 16.5. The van der Waals surface area contributed by atoms with Crippen LogP contribution in [0.1, 0.15) is 41.7 Å². The molecule has 0 aromatic carbocycles. The Bertz CT molecular complexity index is 1010. The standard InChI is InChI=1S/C20H25FN6OS/c1-11-5-16-18(29-11)17(19(28)27-4-3-13(7-22)10-27)26-20(25-16)24-12(2)14-6-15(21)9-23-8-14/h5-6,8-9,12-13,19,28H,3-4,7,10,22H2,1-2H3,(H,24,25,26)/t12-,13?,19?/m0/s1. The van der Waals surface area contributed by atoms with Crippen LogP contribution in [0.3, 0.4) is 0 Å². The van der Waals surface area contributed by atoms with Gasteiger partial charge in [0.15, 0.2) is 6.23 Å². The maximum absolute atomic E-state index is 13.5. The van der Waals surface area contributed by atoms with Crippen LogP contribution in [0, 0.1) is 18.7 Å². The van der Waals surface area contributed by atoms with Gasteiger partial charge in [0.05, 0.1) is 22.5 Å². The summed E-state index contributed by atoms with van der Waals surface area (Å²) in [7, 11) is 0. The Kier molecular flexibility index (Phi) is 5.73. The molecule has 1 aliphatic heterocycles. The fraction of sp³-hybridized carbons (Fsp3) is 0.450. The van der Waals surface area contributed by atoms with E-state index in [4.69, 9.17) is 5.73 Å². The number of aliphatic hydroxyl groups excluding tert-OH is 1. The lowest BCUT2D eigenvalue weighted by molar-refractivity contribution is 0.0145. The Labute approximate surface area is 172 Å². The number of aryl methyl sites for hydroxylation is 1. The van der Waals surface area contributed by atoms with Gasteiger partial charge < -0.3 is 16.2 Å². The quantitative estimate of drug-likeness (QED) is 0.568. The molecule has 0 saturated carbocycles. The van der Waals surface area contributed by atoms with E-state index in [0.717, 1.165) is 34.6 Å². The summed E-state index contributed by atoms with van der Waals surface area (Å²) in [5.74, 6) is 0.404. The number of rotatable bonds is 6. The number of fused-ring (bicyclic) bond motifs is 1. The normalized spacial score (nSPS) is 19.6. The summed E-state index contributed by atoms with van der Waals surface area (Å²) in [6.07, 6.45) is 2.94. The van der Waals surface area contributed by atoms with Crippen LogP contribution in [0.4, 0.5) is 10.3 Å². The first-order valence-electron chi connectivity index (χ1n) is 9.72. The Morgan fingerprint density at radius 2 is 2.21 bits per heavy atom. The highest BCUT2D eigenvalue weighted by Gasteiger charge is 2.30. The number of aromatic nitrogens is 3. The highest BCUT2D eigenvalue weighted by atomic mass is 32.1. The van der Waals surface area contributed by atoms with Gasteiger partial charge >= 0.3 is 0 Å². The lowest BCUT2D eigenvalue weighted by Gasteiger charge is -2.23. The van der Waals surface area contributed by atoms with Gasteiger partial charge in [-0.25, -0.2) is 14.4 Å². The molecule has 2 unspecified atom stereocenters. The lowest BCUT2D eigenvalue weighted by atomic mass is 10.1. The Morgan fingerprint density at radius 1 is 1.38 bits per heavy atom. The number of likely N-dealkylation sites (tertiary alicyclic amines) is 1. The predicted octanol–water partition coefficient (Wildman–Crippen LogP) is 2.98. The molecule has 0 amide bonds. The number of hydrogen-bond acceptors (Lipinski definition) is 8. The molecule has 0 aliphatic carbocycles. The molecule has 0 spiro atoms. The monoisotopic (exact) mass is 416 g/mol. The second kappa shape index (κ2) is 8.27. The number of thiophene rings is 1. The predicted molar refractivity (Wildman–Crippen MR) is 112 cm³/mol. The first-order valence-corrected chi connectivity index (χ1v) is 10.5. The van der Waals surface area contributed by atoms with Gasteiger partial charge in [-0.2, -0.15) is 0 Å². The third-order valence-electron chi connectivity index (χ3n) is 5.33. The van der Waals surface area contributed by atoms with Gasteiger partial charge in [-0.1, -0.05) is 0 Å². The van der Waals surface area contributed by atoms with E-state index in [0.29, 0.717) is 29.7 Å². The molecule has 154 valence electrons. The SMILES string of the molecule is Cc1cc2nc(N[C@@H](C)c3cncc(F)c3)nc(C(O)N3CCC(CN)C3)c2s1. The van der Waals surface area contributed by atoms with Crippen molar-refractivity contribution in [2.75, 3.05) is 25.0 Å². The highest BCUT2D eigenvalue weighted by molar-refractivity contribution is 7.19. The zero-order chi connectivity index (χ0) is 20.5. The fourth-order valence-electron chi connectivity index (χ4n) is 3.70. The molecule has 3 aromatic rings. The van der Waals surface area contributed by atoms with Crippen LogP contribution in [-0.2, 0) is 0 Å². The summed E-state index contributed by atoms with van der Waals surface area (Å²) in [4.78, 5) is 16.3. The minimum atomic E-state index is -0.818. The van der Waals surface area contributed by atoms with Crippen molar-refractivity contribution >= 4 is 27.5 Å². The molecule has 3 aromatic heterocycles. The molecule has 7 nitrogen and oxygen atoms in total. The van der Waals surface area contributed by atoms with Crippen molar-refractivity contribution in [2.45, 2.75) is 32.5 Å². The third kappa shape index (κ3) is 4.23. The largest absolute Gasteiger partial charge is 0.372 e. The molecule has 4 rings (SSSR count). The second-order valence-electron chi connectivity index (χ2n) is 7.57. The van der Waals surface area contributed by atoms with Crippen LogP contribution in [0.15, 0.2) is 24.5 Å². The van der Waals surface area contributed by atoms with Gasteiger partial charge in [0.25, 0.3) is 0 Å². The molecule has 1 aliphatic rings. The summed E-state index contributed by atoms with van der Waals surface area (Å²) in [6.45, 7) is 6.06. The van der Waals surface area contributed by atoms with Gasteiger partial charge in [-0.3, -0.25) is 9.88 Å². The van der Waals surface area contributed by atoms with Crippen molar-refractivity contribution in [2.24, 2.45) is 11.7 Å². The van der Waals surface area contributed by atoms with Crippen molar-refractivity contribution in [3.05, 3.63) is 46.5 Å². The van der Waals surface area contributed by atoms with E-state index in [1.54, 1.807) is 17.5 Å². The average molecular weight is 417 g/mol. The number of nitrogens with zero attached hydrogens (tertiary/aromatic N) is 4. The van der Waals surface area contributed by atoms with E-state index >= 15 is 0 Å². The average Bonchev–Trinajstić information content (AvgIpc) is 3.32. The van der Waals surface area contributed by atoms with Crippen LogP contribution >= 0.6 is 11.3 Å². The minimum absolute atomic E-state index is 0.242. The summed E-state index contributed by atoms with van der Waals surface area (Å²) in [5.41, 5.74) is 7.88. The number of hydrogen-bond donors (Lipinski definition) is 3. The number of nitrogens with one attached hydrogen (secondary N) is 1. The Morgan fingerprint density at radius 3 is 2.93 bits per heavy atom. The number of anilines is 1. The van der Waals surface area contributed by atoms with E-state index in [1.165, 1.54) is 12.3 Å². The molecular weight excluding hydrogens is 391 g/mol. The topological polar surface area (TPSA) is 100 Å². The summed E-state index contributed by atoms with van der Waals surface area (Å²) >= 11 is 1.57. The summed E-state index contributed by atoms with van der Waals surface area (Å²) < 4.78 is 14.4. The summed E-state index contributed by atoms with van der Waals surface area (Å²) in [6, 6.07) is 3.18. The first kappa shape index (κ1) is 20.1. The van der Waals surface area contributed by atoms with Gasteiger partial charge in [0.1, 0.15) is 11.5 Å². The lowest BCUT2D eigenvalue weighted by Crippen LogP contribution is -2.28. The van der Waals surface area contributed by atoms with E-state index < -0.39 is 6.23 Å². The zero-order valence-corrected chi connectivity index (χ0v) is 17.3. The number of nitrogens with two attached hydrogens (primary N) is 1. The van der Waals surface area contributed by atoms with Gasteiger partial charge in [-0.05, 0) is 50.4 Å². The van der Waals surface area contributed by atoms with E-state index in [1.807, 2.05) is 24.8 Å². The van der Waals surface area contributed by atoms with Crippen molar-refractivity contribution < 1.29 is 9.50 Å². The van der Waals surface area contributed by atoms with Crippen LogP contribution in [0.2, 0.25) is 0 Å². The molecule has 9 heteroatoms. The molecular formula is C20H25FN6OS. The molecule has 1 saturated heterocycles. The molecule has 0 bridgehead atoms. The number of halogens is 1. The van der Waals surface area contributed by atoms with E-state index in [9.17, 15) is 9.50 Å². The Balaban J connectivity index is 1.65. The van der Waals surface area contributed by atoms with E-state index in [-0.39, 0.29) is 11.9 Å². The smallest absolute Gasteiger partial charge is 0.224 e. The van der Waals surface area contributed by atoms with Crippen molar-refractivity contribution in [3.8, 4) is 0 Å². The highest BCUT2D eigenvalue weighted by Crippen LogP contribution is 2.34. The van der Waals surface area contributed by atoms with Gasteiger partial charge in [0.2, 0.25) is 5.95 Å². The molecule has 4 heterocycles. The van der Waals surface area contributed by atoms with Crippen molar-refractivity contribution in [1.82, 2.24) is 19.9 Å². The van der Waals surface area contributed by atoms with Crippen molar-refractivity contribution in [1.29, 1.82) is 0 Å². The molecule has 4 N–H and O–H groups in total. The third-order valence-corrected chi connectivity index (χ3v) is 6.40. The number of aliphatic hydroxyl groups is 1. The van der Waals surface area contributed by atoms with Crippen LogP contribution < -0.4 is 11.1 Å². The Hall–Kier alpha value is -2.20. The first-order chi connectivity index (χ1) is 13.9. The molecule has 3 atom stereocenters. The molecule has 29 heavy (non-hydrogen) atoms. The van der Waals surface area contributed by atoms with Gasteiger partial charge in [-0.15, -0.1) is 11.3 Å². The van der Waals surface area contributed by atoms with Gasteiger partial charge in [0, 0.05) is 24.2 Å². The second-order valence-corrected chi connectivity index (χ2v) is 8.82. The maximum Gasteiger partial charge on any atom is 0.224 e.